The lowest BCUT2D eigenvalue weighted by molar-refractivity contribution is -0.128. The van der Waals surface area contributed by atoms with Gasteiger partial charge in [0.05, 0.1) is 18.0 Å². The Hall–Kier alpha value is -2.87. The first kappa shape index (κ1) is 25.4. The van der Waals surface area contributed by atoms with Crippen molar-refractivity contribution in [2.75, 3.05) is 33.0 Å². The van der Waals surface area contributed by atoms with Crippen LogP contribution in [-0.4, -0.2) is 58.1 Å². The summed E-state index contributed by atoms with van der Waals surface area (Å²) in [7, 11) is -1.63. The largest absolute Gasteiger partial charge is 0.493 e. The maximum absolute atomic E-state index is 12.3. The lowest BCUT2D eigenvalue weighted by atomic mass is 9.87. The second kappa shape index (κ2) is 10.6. The second-order valence-corrected chi connectivity index (χ2v) is 10.8. The van der Waals surface area contributed by atoms with Crippen LogP contribution in [0.25, 0.3) is 0 Å². The van der Waals surface area contributed by atoms with E-state index >= 15 is 0 Å². The summed E-state index contributed by atoms with van der Waals surface area (Å²) in [6.07, 6.45) is 1.71. The molecule has 2 aromatic rings. The van der Waals surface area contributed by atoms with E-state index in [4.69, 9.17) is 4.74 Å². The molecule has 0 fully saturated rings. The van der Waals surface area contributed by atoms with Crippen LogP contribution in [0.2, 0.25) is 0 Å². The van der Waals surface area contributed by atoms with E-state index in [1.165, 1.54) is 17.0 Å². The molecule has 0 atom stereocenters. The van der Waals surface area contributed by atoms with Crippen LogP contribution in [0.5, 0.6) is 5.75 Å². The number of amides is 2. The molecule has 2 rings (SSSR count). The van der Waals surface area contributed by atoms with Gasteiger partial charge in [-0.25, -0.2) is 8.42 Å². The molecule has 0 spiro atoms. The lowest BCUT2D eigenvalue weighted by Gasteiger charge is -2.19. The summed E-state index contributed by atoms with van der Waals surface area (Å²) in [5.74, 6) is -0.0308. The molecule has 0 radical (unpaired) electrons. The summed E-state index contributed by atoms with van der Waals surface area (Å²) < 4.78 is 28.8. The Morgan fingerprint density at radius 2 is 1.72 bits per heavy atom. The number of rotatable bonds is 9. The number of carbonyl (C=O) groups is 2. The minimum atomic E-state index is -3.29. The number of sulfone groups is 1. The Balaban J connectivity index is 1.74. The van der Waals surface area contributed by atoms with E-state index in [1.54, 1.807) is 31.3 Å². The highest BCUT2D eigenvalue weighted by atomic mass is 32.2. The first-order chi connectivity index (χ1) is 14.9. The van der Waals surface area contributed by atoms with Crippen LogP contribution in [0.15, 0.2) is 53.4 Å². The molecule has 0 bridgehead atoms. The third-order valence-electron chi connectivity index (χ3n) is 4.98. The van der Waals surface area contributed by atoms with Crippen molar-refractivity contribution in [2.24, 2.45) is 0 Å². The normalized spacial score (nSPS) is 11.7. The van der Waals surface area contributed by atoms with Crippen molar-refractivity contribution in [1.29, 1.82) is 0 Å². The fraction of sp³-hybridized carbons (Fsp3) is 0.417. The molecule has 0 unspecified atom stereocenters. The number of ether oxygens (including phenoxy) is 1. The first-order valence-corrected chi connectivity index (χ1v) is 12.3. The van der Waals surface area contributed by atoms with Crippen LogP contribution in [0.4, 0.5) is 0 Å². The lowest BCUT2D eigenvalue weighted by Crippen LogP contribution is -2.38. The quantitative estimate of drug-likeness (QED) is 0.581. The minimum Gasteiger partial charge on any atom is -0.493 e. The molecule has 0 aliphatic rings. The van der Waals surface area contributed by atoms with E-state index in [1.807, 2.05) is 12.1 Å². The molecule has 0 saturated heterocycles. The fourth-order valence-electron chi connectivity index (χ4n) is 2.93. The van der Waals surface area contributed by atoms with Gasteiger partial charge in [0.25, 0.3) is 5.91 Å². The average molecular weight is 461 g/mol. The highest BCUT2D eigenvalue weighted by Gasteiger charge is 2.15. The van der Waals surface area contributed by atoms with Gasteiger partial charge < -0.3 is 15.0 Å². The number of carbonyl (C=O) groups excluding carboxylic acids is 2. The number of nitrogens with zero attached hydrogens (tertiary/aromatic N) is 1. The van der Waals surface area contributed by atoms with Gasteiger partial charge in [-0.3, -0.25) is 9.59 Å². The van der Waals surface area contributed by atoms with E-state index in [2.05, 4.69) is 26.1 Å². The number of likely N-dealkylation sites (N-methyl/N-ethyl adjacent to an activating group) is 1. The van der Waals surface area contributed by atoms with Gasteiger partial charge in [0.15, 0.2) is 9.84 Å². The summed E-state index contributed by atoms with van der Waals surface area (Å²) in [5, 5.41) is 2.66. The topological polar surface area (TPSA) is 92.8 Å². The molecule has 2 aromatic carbocycles. The van der Waals surface area contributed by atoms with Crippen LogP contribution in [0.3, 0.4) is 0 Å². The van der Waals surface area contributed by atoms with Crippen molar-refractivity contribution >= 4 is 21.7 Å². The molecule has 0 aliphatic heterocycles. The zero-order valence-electron chi connectivity index (χ0n) is 19.3. The zero-order chi connectivity index (χ0) is 23.9. The smallest absolute Gasteiger partial charge is 0.251 e. The van der Waals surface area contributed by atoms with Gasteiger partial charge in [-0.1, -0.05) is 39.0 Å². The minimum absolute atomic E-state index is 0.00784. The Kier molecular flexibility index (Phi) is 8.44. The van der Waals surface area contributed by atoms with Gasteiger partial charge in [0.2, 0.25) is 5.91 Å². The summed E-state index contributed by atoms with van der Waals surface area (Å²) >= 11 is 0. The molecule has 174 valence electrons. The maximum atomic E-state index is 12.3. The van der Waals surface area contributed by atoms with E-state index in [0.29, 0.717) is 30.9 Å². The first-order valence-electron chi connectivity index (χ1n) is 10.4. The van der Waals surface area contributed by atoms with E-state index in [9.17, 15) is 18.0 Å². The van der Waals surface area contributed by atoms with Crippen molar-refractivity contribution < 1.29 is 22.7 Å². The summed E-state index contributed by atoms with van der Waals surface area (Å²) in [6.45, 7) is 7.00. The average Bonchev–Trinajstić information content (AvgIpc) is 2.73. The van der Waals surface area contributed by atoms with Gasteiger partial charge >= 0.3 is 0 Å². The molecule has 32 heavy (non-hydrogen) atoms. The number of benzene rings is 2. The molecule has 0 aromatic heterocycles. The molecule has 2 amide bonds. The zero-order valence-corrected chi connectivity index (χ0v) is 20.2. The van der Waals surface area contributed by atoms with Gasteiger partial charge in [-0.2, -0.15) is 0 Å². The van der Waals surface area contributed by atoms with Crippen LogP contribution in [-0.2, 0) is 20.0 Å². The summed E-state index contributed by atoms with van der Waals surface area (Å²) in [5.41, 5.74) is 1.65. The predicted molar refractivity (Wildman–Crippen MR) is 125 cm³/mol. The van der Waals surface area contributed by atoms with Crippen LogP contribution >= 0.6 is 0 Å². The van der Waals surface area contributed by atoms with E-state index in [-0.39, 0.29) is 28.7 Å². The SMILES string of the molecule is CN(CCCOc1cccc(S(C)(=O)=O)c1)C(=O)CNC(=O)c1ccc(C(C)(C)C)cc1. The molecule has 7 nitrogen and oxygen atoms in total. The predicted octanol–water partition coefficient (Wildman–Crippen LogP) is 3.04. The van der Waals surface area contributed by atoms with E-state index < -0.39 is 9.84 Å². The van der Waals surface area contributed by atoms with E-state index in [0.717, 1.165) is 11.8 Å². The number of hydrogen-bond acceptors (Lipinski definition) is 5. The van der Waals surface area contributed by atoms with Crippen molar-refractivity contribution in [1.82, 2.24) is 10.2 Å². The van der Waals surface area contributed by atoms with Crippen LogP contribution < -0.4 is 10.1 Å². The molecule has 1 N–H and O–H groups in total. The van der Waals surface area contributed by atoms with Crippen molar-refractivity contribution in [3.8, 4) is 5.75 Å². The monoisotopic (exact) mass is 460 g/mol. The Morgan fingerprint density at radius 3 is 2.31 bits per heavy atom. The Morgan fingerprint density at radius 1 is 1.06 bits per heavy atom. The van der Waals surface area contributed by atoms with Gasteiger partial charge in [0.1, 0.15) is 5.75 Å². The van der Waals surface area contributed by atoms with Crippen molar-refractivity contribution in [3.05, 3.63) is 59.7 Å². The highest BCUT2D eigenvalue weighted by molar-refractivity contribution is 7.90. The molecule has 0 aliphatic carbocycles. The highest BCUT2D eigenvalue weighted by Crippen LogP contribution is 2.22. The van der Waals surface area contributed by atoms with Gasteiger partial charge in [0, 0.05) is 25.4 Å². The Labute approximate surface area is 190 Å². The summed E-state index contributed by atoms with van der Waals surface area (Å²) in [6, 6.07) is 13.7. The molecule has 0 heterocycles. The number of hydrogen-bond donors (Lipinski definition) is 1. The standard InChI is InChI=1S/C24H32N2O5S/c1-24(2,3)19-12-10-18(11-13-19)23(28)25-17-22(27)26(4)14-7-15-31-20-8-6-9-21(16-20)32(5,29)30/h6,8-13,16H,7,14-15,17H2,1-5H3,(H,25,28). The van der Waals surface area contributed by atoms with Gasteiger partial charge in [-0.05, 0) is 47.7 Å². The fourth-order valence-corrected chi connectivity index (χ4v) is 3.58. The summed E-state index contributed by atoms with van der Waals surface area (Å²) in [4.78, 5) is 26.3. The van der Waals surface area contributed by atoms with Crippen LogP contribution in [0.1, 0.15) is 43.1 Å². The Bertz CT molecular complexity index is 1040. The van der Waals surface area contributed by atoms with Crippen molar-refractivity contribution in [3.63, 3.8) is 0 Å². The molecule has 0 saturated carbocycles. The maximum Gasteiger partial charge on any atom is 0.251 e. The number of nitrogens with one attached hydrogen (secondary N) is 1. The molecular weight excluding hydrogens is 428 g/mol. The van der Waals surface area contributed by atoms with Crippen LogP contribution in [0, 0.1) is 0 Å². The molecule has 8 heteroatoms. The van der Waals surface area contributed by atoms with Gasteiger partial charge in [-0.15, -0.1) is 0 Å². The van der Waals surface area contributed by atoms with Crippen molar-refractivity contribution in [2.45, 2.75) is 37.5 Å². The third-order valence-corrected chi connectivity index (χ3v) is 6.09. The molecular formula is C24H32N2O5S. The third kappa shape index (κ3) is 7.67. The second-order valence-electron chi connectivity index (χ2n) is 8.77.